The van der Waals surface area contributed by atoms with E-state index < -0.39 is 0 Å². The molecule has 0 radical (unpaired) electrons. The van der Waals surface area contributed by atoms with Gasteiger partial charge >= 0.3 is 0 Å². The van der Waals surface area contributed by atoms with E-state index in [4.69, 9.17) is 0 Å². The minimum Gasteiger partial charge on any atom is -0.508 e. The molecule has 3 heteroatoms. The highest BCUT2D eigenvalue weighted by molar-refractivity contribution is 5.48. The van der Waals surface area contributed by atoms with Crippen LogP contribution in [0.2, 0.25) is 0 Å². The zero-order chi connectivity index (χ0) is 15.9. The number of para-hydroxylation sites is 1. The van der Waals surface area contributed by atoms with E-state index in [1.807, 2.05) is 24.3 Å². The molecule has 1 heterocycles. The SMILES string of the molecule is Oc1ccccc1CN1CCN(C/C=C/c2ccccc2)CC1. The summed E-state index contributed by atoms with van der Waals surface area (Å²) in [6.45, 7) is 6.08. The lowest BCUT2D eigenvalue weighted by atomic mass is 10.1. The van der Waals surface area contributed by atoms with E-state index in [9.17, 15) is 5.11 Å². The van der Waals surface area contributed by atoms with Crippen molar-refractivity contribution in [3.63, 3.8) is 0 Å². The fourth-order valence-corrected chi connectivity index (χ4v) is 2.92. The van der Waals surface area contributed by atoms with Crippen LogP contribution in [-0.4, -0.2) is 47.6 Å². The topological polar surface area (TPSA) is 26.7 Å². The van der Waals surface area contributed by atoms with Gasteiger partial charge in [-0.3, -0.25) is 9.80 Å². The van der Waals surface area contributed by atoms with Gasteiger partial charge < -0.3 is 5.11 Å². The van der Waals surface area contributed by atoms with Crippen molar-refractivity contribution in [2.75, 3.05) is 32.7 Å². The largest absolute Gasteiger partial charge is 0.508 e. The smallest absolute Gasteiger partial charge is 0.120 e. The van der Waals surface area contributed by atoms with Gasteiger partial charge in [-0.25, -0.2) is 0 Å². The lowest BCUT2D eigenvalue weighted by Crippen LogP contribution is -2.45. The molecule has 23 heavy (non-hydrogen) atoms. The standard InChI is InChI=1S/C20H24N2O/c23-20-11-5-4-10-19(20)17-22-15-13-21(14-16-22)12-6-9-18-7-2-1-3-8-18/h1-11,23H,12-17H2/b9-6+. The van der Waals surface area contributed by atoms with Gasteiger partial charge in [-0.15, -0.1) is 0 Å². The van der Waals surface area contributed by atoms with Crippen LogP contribution in [0.15, 0.2) is 60.7 Å². The number of phenols is 1. The number of hydrogen-bond acceptors (Lipinski definition) is 3. The second kappa shape index (κ2) is 7.95. The van der Waals surface area contributed by atoms with Gasteiger partial charge in [0.1, 0.15) is 5.75 Å². The van der Waals surface area contributed by atoms with Gasteiger partial charge in [0, 0.05) is 44.8 Å². The molecule has 0 atom stereocenters. The highest BCUT2D eigenvalue weighted by atomic mass is 16.3. The first-order valence-electron chi connectivity index (χ1n) is 8.24. The maximum atomic E-state index is 9.87. The van der Waals surface area contributed by atoms with Crippen molar-refractivity contribution in [1.82, 2.24) is 9.80 Å². The van der Waals surface area contributed by atoms with Crippen molar-refractivity contribution >= 4 is 6.08 Å². The van der Waals surface area contributed by atoms with Crippen LogP contribution >= 0.6 is 0 Å². The third-order valence-electron chi connectivity index (χ3n) is 4.32. The zero-order valence-corrected chi connectivity index (χ0v) is 13.4. The van der Waals surface area contributed by atoms with E-state index in [1.165, 1.54) is 5.56 Å². The molecule has 1 fully saturated rings. The third kappa shape index (κ3) is 4.68. The van der Waals surface area contributed by atoms with E-state index >= 15 is 0 Å². The minimum absolute atomic E-state index is 0.403. The number of nitrogens with zero attached hydrogens (tertiary/aromatic N) is 2. The molecule has 1 aliphatic rings. The Labute approximate surface area is 138 Å². The predicted octanol–water partition coefficient (Wildman–Crippen LogP) is 3.22. The molecule has 3 rings (SSSR count). The average Bonchev–Trinajstić information content (AvgIpc) is 2.59. The number of piperazine rings is 1. The fraction of sp³-hybridized carbons (Fsp3) is 0.300. The molecule has 2 aromatic carbocycles. The van der Waals surface area contributed by atoms with Crippen LogP contribution < -0.4 is 0 Å². The van der Waals surface area contributed by atoms with Gasteiger partial charge in [0.05, 0.1) is 0 Å². The Morgan fingerprint density at radius 3 is 2.22 bits per heavy atom. The van der Waals surface area contributed by atoms with Crippen molar-refractivity contribution < 1.29 is 5.11 Å². The first kappa shape index (κ1) is 15.8. The van der Waals surface area contributed by atoms with Crippen LogP contribution in [0, 0.1) is 0 Å². The number of aromatic hydroxyl groups is 1. The molecule has 1 N–H and O–H groups in total. The molecule has 1 saturated heterocycles. The summed E-state index contributed by atoms with van der Waals surface area (Å²) >= 11 is 0. The van der Waals surface area contributed by atoms with Crippen LogP contribution in [0.5, 0.6) is 5.75 Å². The van der Waals surface area contributed by atoms with Gasteiger partial charge in [0.15, 0.2) is 0 Å². The van der Waals surface area contributed by atoms with Crippen molar-refractivity contribution in [3.8, 4) is 5.75 Å². The van der Waals surface area contributed by atoms with Crippen LogP contribution in [0.25, 0.3) is 6.08 Å². The summed E-state index contributed by atoms with van der Waals surface area (Å²) in [5, 5.41) is 9.87. The summed E-state index contributed by atoms with van der Waals surface area (Å²) in [7, 11) is 0. The molecule has 0 bridgehead atoms. The Morgan fingerprint density at radius 1 is 0.826 bits per heavy atom. The number of phenolic OH excluding ortho intramolecular Hbond substituents is 1. The summed E-state index contributed by atoms with van der Waals surface area (Å²) in [5.41, 5.74) is 2.27. The van der Waals surface area contributed by atoms with Crippen molar-refractivity contribution in [2.45, 2.75) is 6.54 Å². The summed E-state index contributed by atoms with van der Waals surface area (Å²) < 4.78 is 0. The molecule has 0 aliphatic carbocycles. The first-order chi connectivity index (χ1) is 11.3. The monoisotopic (exact) mass is 308 g/mol. The van der Waals surface area contributed by atoms with E-state index in [0.29, 0.717) is 5.75 Å². The second-order valence-corrected chi connectivity index (χ2v) is 6.02. The lowest BCUT2D eigenvalue weighted by molar-refractivity contribution is 0.136. The maximum Gasteiger partial charge on any atom is 0.120 e. The van der Waals surface area contributed by atoms with Crippen LogP contribution in [0.3, 0.4) is 0 Å². The average molecular weight is 308 g/mol. The number of hydrogen-bond donors (Lipinski definition) is 1. The predicted molar refractivity (Wildman–Crippen MR) is 95.3 cm³/mol. The summed E-state index contributed by atoms with van der Waals surface area (Å²) in [6, 6.07) is 18.1. The van der Waals surface area contributed by atoms with Crippen LogP contribution in [0.1, 0.15) is 11.1 Å². The van der Waals surface area contributed by atoms with Crippen molar-refractivity contribution in [3.05, 3.63) is 71.8 Å². The van der Waals surface area contributed by atoms with E-state index in [0.717, 1.165) is 44.8 Å². The number of rotatable bonds is 5. The molecule has 1 aliphatic heterocycles. The van der Waals surface area contributed by atoms with Crippen molar-refractivity contribution in [2.24, 2.45) is 0 Å². The van der Waals surface area contributed by atoms with Gasteiger partial charge in [0.25, 0.3) is 0 Å². The second-order valence-electron chi connectivity index (χ2n) is 6.02. The lowest BCUT2D eigenvalue weighted by Gasteiger charge is -2.34. The highest BCUT2D eigenvalue weighted by Crippen LogP contribution is 2.18. The Morgan fingerprint density at radius 2 is 1.48 bits per heavy atom. The Bertz CT molecular complexity index is 631. The summed E-state index contributed by atoms with van der Waals surface area (Å²) in [4.78, 5) is 4.88. The molecule has 0 spiro atoms. The Kier molecular flexibility index (Phi) is 5.46. The van der Waals surface area contributed by atoms with E-state index in [1.54, 1.807) is 6.07 Å². The zero-order valence-electron chi connectivity index (χ0n) is 13.4. The van der Waals surface area contributed by atoms with Crippen molar-refractivity contribution in [1.29, 1.82) is 0 Å². The van der Waals surface area contributed by atoms with Crippen LogP contribution in [0.4, 0.5) is 0 Å². The molecule has 3 nitrogen and oxygen atoms in total. The molecule has 0 aromatic heterocycles. The van der Waals surface area contributed by atoms with Gasteiger partial charge in [-0.05, 0) is 11.6 Å². The van der Waals surface area contributed by atoms with Crippen LogP contribution in [-0.2, 0) is 6.54 Å². The molecule has 0 saturated carbocycles. The summed E-state index contributed by atoms with van der Waals surface area (Å²) in [5.74, 6) is 0.403. The molecule has 2 aromatic rings. The third-order valence-corrected chi connectivity index (χ3v) is 4.32. The van der Waals surface area contributed by atoms with E-state index in [2.05, 4.69) is 46.2 Å². The molecular weight excluding hydrogens is 284 g/mol. The normalized spacial score (nSPS) is 16.9. The maximum absolute atomic E-state index is 9.87. The van der Waals surface area contributed by atoms with E-state index in [-0.39, 0.29) is 0 Å². The Hall–Kier alpha value is -2.10. The van der Waals surface area contributed by atoms with Gasteiger partial charge in [-0.1, -0.05) is 60.7 Å². The Balaban J connectivity index is 1.44. The number of benzene rings is 2. The first-order valence-corrected chi connectivity index (χ1v) is 8.24. The summed E-state index contributed by atoms with van der Waals surface area (Å²) in [6.07, 6.45) is 4.43. The molecule has 0 unspecified atom stereocenters. The van der Waals surface area contributed by atoms with Gasteiger partial charge in [-0.2, -0.15) is 0 Å². The highest BCUT2D eigenvalue weighted by Gasteiger charge is 2.16. The quantitative estimate of drug-likeness (QED) is 0.919. The fourth-order valence-electron chi connectivity index (χ4n) is 2.92. The molecular formula is C20H24N2O. The molecule has 120 valence electrons. The molecule has 0 amide bonds. The van der Waals surface area contributed by atoms with Gasteiger partial charge in [0.2, 0.25) is 0 Å². The minimum atomic E-state index is 0.403.